The molecule has 0 saturated carbocycles. The molecule has 0 aromatic rings. The molecule has 2 aliphatic heterocycles. The molecule has 0 aromatic carbocycles. The topological polar surface area (TPSA) is 41.6 Å². The van der Waals surface area contributed by atoms with E-state index in [1.807, 2.05) is 0 Å². The monoisotopic (exact) mass is 268 g/mol. The Morgan fingerprint density at radius 2 is 2.26 bits per heavy atom. The third kappa shape index (κ3) is 4.18. The summed E-state index contributed by atoms with van der Waals surface area (Å²) in [7, 11) is 0. The first-order valence-electron chi connectivity index (χ1n) is 7.70. The third-order valence-electron chi connectivity index (χ3n) is 4.19. The first kappa shape index (κ1) is 14.8. The maximum absolute atomic E-state index is 12.5. The van der Waals surface area contributed by atoms with Gasteiger partial charge in [0.25, 0.3) is 0 Å². The summed E-state index contributed by atoms with van der Waals surface area (Å²) in [6.45, 7) is 9.89. The predicted molar refractivity (Wildman–Crippen MR) is 76.0 cm³/mol. The Kier molecular flexibility index (Phi) is 5.22. The Bertz CT molecular complexity index is 307. The fourth-order valence-electron chi connectivity index (χ4n) is 3.08. The highest BCUT2D eigenvalue weighted by atomic mass is 16.5. The van der Waals surface area contributed by atoms with Gasteiger partial charge in [-0.2, -0.15) is 0 Å². The minimum Gasteiger partial charge on any atom is -0.378 e. The van der Waals surface area contributed by atoms with E-state index in [1.54, 1.807) is 0 Å². The van der Waals surface area contributed by atoms with Crippen molar-refractivity contribution in [3.63, 3.8) is 0 Å². The zero-order valence-electron chi connectivity index (χ0n) is 12.5. The number of nitrogens with zero attached hydrogens (tertiary/aromatic N) is 1. The van der Waals surface area contributed by atoms with Crippen molar-refractivity contribution >= 4 is 5.91 Å². The number of nitrogens with one attached hydrogen (secondary N) is 1. The second kappa shape index (κ2) is 6.71. The smallest absolute Gasteiger partial charge is 0.228 e. The fraction of sp³-hybridized carbons (Fsp3) is 0.933. The second-order valence-corrected chi connectivity index (χ2v) is 6.43. The molecular formula is C15H28N2O2. The van der Waals surface area contributed by atoms with E-state index in [9.17, 15) is 4.79 Å². The van der Waals surface area contributed by atoms with Crippen molar-refractivity contribution in [2.45, 2.75) is 52.2 Å². The quantitative estimate of drug-likeness (QED) is 0.843. The third-order valence-corrected chi connectivity index (χ3v) is 4.19. The van der Waals surface area contributed by atoms with Crippen LogP contribution in [0.25, 0.3) is 0 Å². The number of carbonyl (C=O) groups is 1. The fourth-order valence-corrected chi connectivity index (χ4v) is 3.08. The molecule has 2 saturated heterocycles. The summed E-state index contributed by atoms with van der Waals surface area (Å²) in [6.07, 6.45) is 3.52. The highest BCUT2D eigenvalue weighted by Gasteiger charge is 2.33. The van der Waals surface area contributed by atoms with Crippen LogP contribution < -0.4 is 5.32 Å². The van der Waals surface area contributed by atoms with Crippen LogP contribution in [0.1, 0.15) is 40.0 Å². The molecule has 0 aromatic heterocycles. The molecule has 110 valence electrons. The van der Waals surface area contributed by atoms with Gasteiger partial charge in [-0.05, 0) is 38.6 Å². The van der Waals surface area contributed by atoms with Gasteiger partial charge in [-0.1, -0.05) is 13.8 Å². The Balaban J connectivity index is 1.81. The lowest BCUT2D eigenvalue weighted by Gasteiger charge is -2.34. The summed E-state index contributed by atoms with van der Waals surface area (Å²) in [6, 6.07) is 0.523. The molecule has 19 heavy (non-hydrogen) atoms. The van der Waals surface area contributed by atoms with Gasteiger partial charge in [0.2, 0.25) is 5.91 Å². The van der Waals surface area contributed by atoms with Gasteiger partial charge in [-0.3, -0.25) is 4.79 Å². The number of carbonyl (C=O) groups excluding carboxylic acids is 1. The molecule has 2 fully saturated rings. The summed E-state index contributed by atoms with van der Waals surface area (Å²) in [4.78, 5) is 14.5. The minimum atomic E-state index is 0.104. The molecule has 1 N–H and O–H groups in total. The molecular weight excluding hydrogens is 240 g/mol. The van der Waals surface area contributed by atoms with Crippen molar-refractivity contribution in [3.05, 3.63) is 0 Å². The van der Waals surface area contributed by atoms with Crippen LogP contribution in [0, 0.1) is 11.8 Å². The van der Waals surface area contributed by atoms with E-state index >= 15 is 0 Å². The molecule has 1 amide bonds. The van der Waals surface area contributed by atoms with Crippen LogP contribution in [0.5, 0.6) is 0 Å². The predicted octanol–water partition coefficient (Wildman–Crippen LogP) is 1.65. The normalized spacial score (nSPS) is 32.0. The molecule has 2 heterocycles. The van der Waals surface area contributed by atoms with Crippen LogP contribution in [-0.2, 0) is 9.53 Å². The van der Waals surface area contributed by atoms with E-state index in [-0.39, 0.29) is 12.0 Å². The first-order chi connectivity index (χ1) is 9.06. The van der Waals surface area contributed by atoms with Gasteiger partial charge in [0, 0.05) is 19.1 Å². The number of amides is 1. The van der Waals surface area contributed by atoms with Gasteiger partial charge in [0.15, 0.2) is 0 Å². The molecule has 0 radical (unpaired) electrons. The van der Waals surface area contributed by atoms with E-state index < -0.39 is 0 Å². The number of piperidine rings is 1. The number of rotatable bonds is 4. The van der Waals surface area contributed by atoms with Crippen LogP contribution in [-0.4, -0.2) is 49.2 Å². The molecule has 3 atom stereocenters. The first-order valence-corrected chi connectivity index (χ1v) is 7.70. The van der Waals surface area contributed by atoms with Gasteiger partial charge in [0.1, 0.15) is 0 Å². The van der Waals surface area contributed by atoms with E-state index in [4.69, 9.17) is 4.74 Å². The Morgan fingerprint density at radius 1 is 1.47 bits per heavy atom. The molecule has 2 rings (SSSR count). The van der Waals surface area contributed by atoms with Crippen LogP contribution in [0.2, 0.25) is 0 Å². The van der Waals surface area contributed by atoms with Crippen LogP contribution in [0.3, 0.4) is 0 Å². The Hall–Kier alpha value is -0.610. The van der Waals surface area contributed by atoms with Crippen molar-refractivity contribution in [1.82, 2.24) is 10.2 Å². The summed E-state index contributed by atoms with van der Waals surface area (Å²) in [5, 5.41) is 3.49. The zero-order valence-corrected chi connectivity index (χ0v) is 12.5. The van der Waals surface area contributed by atoms with E-state index in [0.717, 1.165) is 32.5 Å². The molecule has 0 spiro atoms. The highest BCUT2D eigenvalue weighted by Crippen LogP contribution is 2.24. The lowest BCUT2D eigenvalue weighted by atomic mass is 9.95. The SMILES string of the molecule is CC(C)NCC1CCCN(C(=O)C2COC(C)C2)C1. The largest absolute Gasteiger partial charge is 0.378 e. The van der Waals surface area contributed by atoms with E-state index in [2.05, 4.69) is 31.0 Å². The Morgan fingerprint density at radius 3 is 2.89 bits per heavy atom. The van der Waals surface area contributed by atoms with Gasteiger partial charge in [-0.15, -0.1) is 0 Å². The van der Waals surface area contributed by atoms with Crippen LogP contribution in [0.15, 0.2) is 0 Å². The number of ether oxygens (including phenoxy) is 1. The van der Waals surface area contributed by atoms with Crippen molar-refractivity contribution in [3.8, 4) is 0 Å². The lowest BCUT2D eigenvalue weighted by molar-refractivity contribution is -0.137. The number of likely N-dealkylation sites (tertiary alicyclic amines) is 1. The zero-order chi connectivity index (χ0) is 13.8. The van der Waals surface area contributed by atoms with E-state index in [0.29, 0.717) is 24.5 Å². The molecule has 4 heteroatoms. The average molecular weight is 268 g/mol. The van der Waals surface area contributed by atoms with Gasteiger partial charge in [0.05, 0.1) is 18.6 Å². The van der Waals surface area contributed by atoms with Gasteiger partial charge >= 0.3 is 0 Å². The average Bonchev–Trinajstić information content (AvgIpc) is 2.82. The summed E-state index contributed by atoms with van der Waals surface area (Å²) >= 11 is 0. The summed E-state index contributed by atoms with van der Waals surface area (Å²) in [5.74, 6) is 1.03. The molecule has 0 aliphatic carbocycles. The maximum Gasteiger partial charge on any atom is 0.228 e. The van der Waals surface area contributed by atoms with E-state index in [1.165, 1.54) is 6.42 Å². The second-order valence-electron chi connectivity index (χ2n) is 6.43. The number of hydrogen-bond acceptors (Lipinski definition) is 3. The maximum atomic E-state index is 12.5. The van der Waals surface area contributed by atoms with Gasteiger partial charge in [-0.25, -0.2) is 0 Å². The summed E-state index contributed by atoms with van der Waals surface area (Å²) in [5.41, 5.74) is 0. The molecule has 0 bridgehead atoms. The van der Waals surface area contributed by atoms with Crippen molar-refractivity contribution in [2.75, 3.05) is 26.2 Å². The lowest BCUT2D eigenvalue weighted by Crippen LogP contribution is -2.46. The summed E-state index contributed by atoms with van der Waals surface area (Å²) < 4.78 is 5.52. The Labute approximate surface area is 116 Å². The minimum absolute atomic E-state index is 0.104. The molecule has 3 unspecified atom stereocenters. The molecule has 4 nitrogen and oxygen atoms in total. The molecule has 2 aliphatic rings. The van der Waals surface area contributed by atoms with Crippen molar-refractivity contribution in [2.24, 2.45) is 11.8 Å². The van der Waals surface area contributed by atoms with Crippen molar-refractivity contribution in [1.29, 1.82) is 0 Å². The van der Waals surface area contributed by atoms with Crippen molar-refractivity contribution < 1.29 is 9.53 Å². The highest BCUT2D eigenvalue weighted by molar-refractivity contribution is 5.79. The van der Waals surface area contributed by atoms with Crippen LogP contribution in [0.4, 0.5) is 0 Å². The number of hydrogen-bond donors (Lipinski definition) is 1. The standard InChI is InChI=1S/C15H28N2O2/c1-11(2)16-8-13-5-4-6-17(9-13)15(18)14-7-12(3)19-10-14/h11-14,16H,4-10H2,1-3H3. The van der Waals surface area contributed by atoms with Crippen LogP contribution >= 0.6 is 0 Å². The van der Waals surface area contributed by atoms with Gasteiger partial charge < -0.3 is 15.0 Å².